The maximum absolute atomic E-state index is 13.4. The van der Waals surface area contributed by atoms with Crippen molar-refractivity contribution in [1.29, 1.82) is 0 Å². The van der Waals surface area contributed by atoms with Crippen molar-refractivity contribution in [3.05, 3.63) is 29.0 Å². The minimum atomic E-state index is -0.293. The zero-order valence-corrected chi connectivity index (χ0v) is 10.1. The molecule has 0 bridgehead atoms. The fraction of sp³-hybridized carbons (Fsp3) is 0.500. The van der Waals surface area contributed by atoms with Crippen molar-refractivity contribution in [3.63, 3.8) is 0 Å². The first-order valence-electron chi connectivity index (χ1n) is 5.20. The molecular weight excluding hydrogens is 213 g/mol. The molecule has 0 aliphatic carbocycles. The molecule has 0 heterocycles. The molecule has 1 rings (SSSR count). The van der Waals surface area contributed by atoms with Crippen LogP contribution in [0.25, 0.3) is 0 Å². The normalized spacial score (nSPS) is 12.9. The number of hydrogen-bond acceptors (Lipinski definition) is 1. The average molecular weight is 230 g/mol. The zero-order valence-electron chi connectivity index (χ0n) is 9.35. The van der Waals surface area contributed by atoms with Gasteiger partial charge in [-0.15, -0.1) is 0 Å². The summed E-state index contributed by atoms with van der Waals surface area (Å²) >= 11 is 5.67. The van der Waals surface area contributed by atoms with Gasteiger partial charge in [-0.3, -0.25) is 0 Å². The maximum atomic E-state index is 13.4. The van der Waals surface area contributed by atoms with E-state index in [4.69, 9.17) is 11.6 Å². The van der Waals surface area contributed by atoms with E-state index in [2.05, 4.69) is 19.2 Å². The van der Waals surface area contributed by atoms with Crippen LogP contribution in [0.3, 0.4) is 0 Å². The van der Waals surface area contributed by atoms with Gasteiger partial charge in [0.1, 0.15) is 5.82 Å². The number of halogens is 2. The van der Waals surface area contributed by atoms with Gasteiger partial charge in [-0.1, -0.05) is 25.4 Å². The highest BCUT2D eigenvalue weighted by Gasteiger charge is 2.08. The highest BCUT2D eigenvalue weighted by Crippen LogP contribution is 2.20. The molecule has 0 aliphatic heterocycles. The topological polar surface area (TPSA) is 12.0 Å². The predicted octanol–water partition coefficient (Wildman–Crippen LogP) is 4.33. The third-order valence-electron chi connectivity index (χ3n) is 2.16. The van der Waals surface area contributed by atoms with Gasteiger partial charge in [-0.05, 0) is 37.5 Å². The van der Waals surface area contributed by atoms with Gasteiger partial charge in [0.15, 0.2) is 0 Å². The molecule has 0 fully saturated rings. The standard InChI is InChI=1S/C12H17ClFN/c1-8(2)6-9(3)15-12-5-4-10(13)7-11(12)14/h4-5,7-9,15H,6H2,1-3H3. The van der Waals surface area contributed by atoms with Gasteiger partial charge < -0.3 is 5.32 Å². The smallest absolute Gasteiger partial charge is 0.147 e. The van der Waals surface area contributed by atoms with Crippen LogP contribution >= 0.6 is 11.6 Å². The molecule has 0 aliphatic rings. The van der Waals surface area contributed by atoms with E-state index in [1.807, 2.05) is 6.92 Å². The van der Waals surface area contributed by atoms with Crippen LogP contribution in [0.4, 0.5) is 10.1 Å². The fourth-order valence-electron chi connectivity index (χ4n) is 1.64. The summed E-state index contributed by atoms with van der Waals surface area (Å²) in [5.41, 5.74) is 0.521. The molecule has 1 nitrogen and oxygen atoms in total. The van der Waals surface area contributed by atoms with E-state index in [1.165, 1.54) is 6.07 Å². The minimum absolute atomic E-state index is 0.265. The number of hydrogen-bond donors (Lipinski definition) is 1. The molecule has 0 saturated carbocycles. The summed E-state index contributed by atoms with van der Waals surface area (Å²) in [6.45, 7) is 6.35. The molecule has 1 aromatic carbocycles. The van der Waals surface area contributed by atoms with Gasteiger partial charge in [0.05, 0.1) is 5.69 Å². The van der Waals surface area contributed by atoms with Gasteiger partial charge in [0, 0.05) is 11.1 Å². The highest BCUT2D eigenvalue weighted by atomic mass is 35.5. The van der Waals surface area contributed by atoms with Crippen molar-refractivity contribution in [2.24, 2.45) is 5.92 Å². The molecule has 0 aromatic heterocycles. The van der Waals surface area contributed by atoms with Gasteiger partial charge in [-0.25, -0.2) is 4.39 Å². The first-order chi connectivity index (χ1) is 6.99. The Balaban J connectivity index is 2.64. The first-order valence-corrected chi connectivity index (χ1v) is 5.58. The van der Waals surface area contributed by atoms with E-state index in [9.17, 15) is 4.39 Å². The lowest BCUT2D eigenvalue weighted by Crippen LogP contribution is -2.18. The second-order valence-electron chi connectivity index (χ2n) is 4.30. The number of rotatable bonds is 4. The summed E-state index contributed by atoms with van der Waals surface area (Å²) in [5, 5.41) is 3.56. The first kappa shape index (κ1) is 12.3. The molecule has 15 heavy (non-hydrogen) atoms. The van der Waals surface area contributed by atoms with Crippen molar-refractivity contribution in [3.8, 4) is 0 Å². The molecule has 3 heteroatoms. The second-order valence-corrected chi connectivity index (χ2v) is 4.74. The Kier molecular flexibility index (Phi) is 4.40. The Hall–Kier alpha value is -0.760. The van der Waals surface area contributed by atoms with Gasteiger partial charge in [-0.2, -0.15) is 0 Å². The zero-order chi connectivity index (χ0) is 11.4. The van der Waals surface area contributed by atoms with E-state index < -0.39 is 0 Å². The molecular formula is C12H17ClFN. The third kappa shape index (κ3) is 4.08. The molecule has 1 unspecified atom stereocenters. The van der Waals surface area contributed by atoms with Gasteiger partial charge >= 0.3 is 0 Å². The van der Waals surface area contributed by atoms with E-state index in [1.54, 1.807) is 12.1 Å². The molecule has 0 saturated heterocycles. The Morgan fingerprint density at radius 1 is 1.33 bits per heavy atom. The number of anilines is 1. The Morgan fingerprint density at radius 3 is 2.53 bits per heavy atom. The van der Waals surface area contributed by atoms with E-state index in [-0.39, 0.29) is 11.9 Å². The van der Waals surface area contributed by atoms with Crippen LogP contribution in [0, 0.1) is 11.7 Å². The van der Waals surface area contributed by atoms with Gasteiger partial charge in [0.25, 0.3) is 0 Å². The maximum Gasteiger partial charge on any atom is 0.147 e. The van der Waals surface area contributed by atoms with Crippen molar-refractivity contribution in [2.45, 2.75) is 33.2 Å². The van der Waals surface area contributed by atoms with Gasteiger partial charge in [0.2, 0.25) is 0 Å². The monoisotopic (exact) mass is 229 g/mol. The van der Waals surface area contributed by atoms with E-state index in [0.717, 1.165) is 6.42 Å². The lowest BCUT2D eigenvalue weighted by Gasteiger charge is -2.17. The molecule has 0 amide bonds. The average Bonchev–Trinajstić information content (AvgIpc) is 2.08. The van der Waals surface area contributed by atoms with Crippen LogP contribution in [0.1, 0.15) is 27.2 Å². The van der Waals surface area contributed by atoms with Crippen LogP contribution in [0.15, 0.2) is 18.2 Å². The second kappa shape index (κ2) is 5.36. The molecule has 84 valence electrons. The van der Waals surface area contributed by atoms with Crippen LogP contribution in [0.2, 0.25) is 5.02 Å². The summed E-state index contributed by atoms with van der Waals surface area (Å²) in [7, 11) is 0. The molecule has 0 spiro atoms. The summed E-state index contributed by atoms with van der Waals surface area (Å²) in [6, 6.07) is 4.95. The van der Waals surface area contributed by atoms with E-state index in [0.29, 0.717) is 16.6 Å². The quantitative estimate of drug-likeness (QED) is 0.811. The third-order valence-corrected chi connectivity index (χ3v) is 2.39. The number of benzene rings is 1. The summed E-state index contributed by atoms with van der Waals surface area (Å²) in [4.78, 5) is 0. The summed E-state index contributed by atoms with van der Waals surface area (Å²) < 4.78 is 13.4. The predicted molar refractivity (Wildman–Crippen MR) is 63.9 cm³/mol. The van der Waals surface area contributed by atoms with Crippen molar-refractivity contribution < 1.29 is 4.39 Å². The molecule has 0 radical (unpaired) electrons. The highest BCUT2D eigenvalue weighted by molar-refractivity contribution is 6.30. The van der Waals surface area contributed by atoms with Crippen LogP contribution in [-0.4, -0.2) is 6.04 Å². The summed E-state index contributed by atoms with van der Waals surface area (Å²) in [5.74, 6) is 0.306. The largest absolute Gasteiger partial charge is 0.380 e. The Labute approximate surface area is 95.6 Å². The molecule has 1 atom stereocenters. The van der Waals surface area contributed by atoms with Crippen LogP contribution < -0.4 is 5.32 Å². The summed E-state index contributed by atoms with van der Waals surface area (Å²) in [6.07, 6.45) is 1.02. The molecule has 1 N–H and O–H groups in total. The van der Waals surface area contributed by atoms with Crippen molar-refractivity contribution >= 4 is 17.3 Å². The van der Waals surface area contributed by atoms with Crippen molar-refractivity contribution in [1.82, 2.24) is 0 Å². The minimum Gasteiger partial charge on any atom is -0.380 e. The lowest BCUT2D eigenvalue weighted by molar-refractivity contribution is 0.536. The SMILES string of the molecule is CC(C)CC(C)Nc1ccc(Cl)cc1F. The van der Waals surface area contributed by atoms with Crippen LogP contribution in [-0.2, 0) is 0 Å². The number of nitrogens with one attached hydrogen (secondary N) is 1. The van der Waals surface area contributed by atoms with Crippen molar-refractivity contribution in [2.75, 3.05) is 5.32 Å². The fourth-order valence-corrected chi connectivity index (χ4v) is 1.80. The van der Waals surface area contributed by atoms with E-state index >= 15 is 0 Å². The Morgan fingerprint density at radius 2 is 2.00 bits per heavy atom. The molecule has 1 aromatic rings. The Bertz CT molecular complexity index is 325. The lowest BCUT2D eigenvalue weighted by atomic mass is 10.1. The van der Waals surface area contributed by atoms with Crippen LogP contribution in [0.5, 0.6) is 0 Å².